The summed E-state index contributed by atoms with van der Waals surface area (Å²) in [5, 5.41) is 0. The van der Waals surface area contributed by atoms with Crippen LogP contribution in [0, 0.1) is 13.8 Å². The molecule has 3 aromatic carbocycles. The van der Waals surface area contributed by atoms with E-state index < -0.39 is 0 Å². The molecule has 0 spiro atoms. The van der Waals surface area contributed by atoms with Crippen molar-refractivity contribution in [2.75, 3.05) is 13.1 Å². The molecule has 0 radical (unpaired) electrons. The van der Waals surface area contributed by atoms with Gasteiger partial charge in [-0.1, -0.05) is 42.5 Å². The van der Waals surface area contributed by atoms with Crippen molar-refractivity contribution in [1.82, 2.24) is 14.9 Å². The molecule has 4 aromatic rings. The van der Waals surface area contributed by atoms with Crippen LogP contribution in [0.25, 0.3) is 22.2 Å². The minimum Gasteiger partial charge on any atom is -0.345 e. The second-order valence-corrected chi connectivity index (χ2v) is 8.57. The van der Waals surface area contributed by atoms with E-state index in [-0.39, 0.29) is 5.91 Å². The summed E-state index contributed by atoms with van der Waals surface area (Å²) in [5.74, 6) is 0.618. The first-order valence-electron chi connectivity index (χ1n) is 11.0. The van der Waals surface area contributed by atoms with Crippen LogP contribution in [0.5, 0.6) is 0 Å². The number of hydrogen-bond donors (Lipinski definition) is 1. The summed E-state index contributed by atoms with van der Waals surface area (Å²) < 4.78 is 0. The van der Waals surface area contributed by atoms with Crippen LogP contribution in [0.4, 0.5) is 0 Å². The summed E-state index contributed by atoms with van der Waals surface area (Å²) in [5.41, 5.74) is 9.14. The van der Waals surface area contributed by atoms with Crippen molar-refractivity contribution in [2.45, 2.75) is 32.6 Å². The zero-order valence-corrected chi connectivity index (χ0v) is 18.1. The number of piperidine rings is 1. The first kappa shape index (κ1) is 19.6. The SMILES string of the molecule is Cc1cccc(-c2ccc(C3CCN(C(=O)c4ccc5nc[nH]c5c4)CC3)cc2)c1C. The number of nitrogens with one attached hydrogen (secondary N) is 1. The average molecular weight is 410 g/mol. The Labute approximate surface area is 182 Å². The molecule has 1 aliphatic rings. The van der Waals surface area contributed by atoms with Gasteiger partial charge in [-0.25, -0.2) is 4.98 Å². The number of nitrogens with zero attached hydrogens (tertiary/aromatic N) is 2. The quantitative estimate of drug-likeness (QED) is 0.460. The van der Waals surface area contributed by atoms with E-state index in [1.807, 2.05) is 23.1 Å². The van der Waals surface area contributed by atoms with Crippen LogP contribution in [-0.4, -0.2) is 33.9 Å². The first-order valence-corrected chi connectivity index (χ1v) is 11.0. The summed E-state index contributed by atoms with van der Waals surface area (Å²) in [4.78, 5) is 22.3. The molecule has 1 aromatic heterocycles. The van der Waals surface area contributed by atoms with E-state index in [1.54, 1.807) is 6.33 Å². The van der Waals surface area contributed by atoms with Crippen LogP contribution in [0.2, 0.25) is 0 Å². The Morgan fingerprint density at radius 3 is 2.55 bits per heavy atom. The molecule has 1 aliphatic heterocycles. The van der Waals surface area contributed by atoms with E-state index in [0.717, 1.165) is 42.5 Å². The fraction of sp³-hybridized carbons (Fsp3) is 0.259. The van der Waals surface area contributed by atoms with Gasteiger partial charge in [0.15, 0.2) is 0 Å². The molecule has 31 heavy (non-hydrogen) atoms. The Hall–Kier alpha value is -3.40. The molecule has 0 aliphatic carbocycles. The lowest BCUT2D eigenvalue weighted by Gasteiger charge is -2.32. The van der Waals surface area contributed by atoms with Crippen molar-refractivity contribution in [3.05, 3.63) is 89.2 Å². The number of aryl methyl sites for hydroxylation is 1. The highest BCUT2D eigenvalue weighted by Gasteiger charge is 2.25. The van der Waals surface area contributed by atoms with Crippen LogP contribution in [-0.2, 0) is 0 Å². The van der Waals surface area contributed by atoms with Crippen molar-refractivity contribution >= 4 is 16.9 Å². The lowest BCUT2D eigenvalue weighted by atomic mass is 9.87. The lowest BCUT2D eigenvalue weighted by molar-refractivity contribution is 0.0713. The fourth-order valence-electron chi connectivity index (χ4n) is 4.67. The smallest absolute Gasteiger partial charge is 0.253 e. The minimum absolute atomic E-state index is 0.111. The third-order valence-corrected chi connectivity index (χ3v) is 6.75. The topological polar surface area (TPSA) is 49.0 Å². The maximum absolute atomic E-state index is 13.0. The summed E-state index contributed by atoms with van der Waals surface area (Å²) in [7, 11) is 0. The standard InChI is InChI=1S/C27H27N3O/c1-18-4-3-5-24(19(18)2)22-8-6-20(7-9-22)21-12-14-30(15-13-21)27(31)23-10-11-25-26(16-23)29-17-28-25/h3-11,16-17,21H,12-15H2,1-2H3,(H,28,29). The number of aromatic nitrogens is 2. The third-order valence-electron chi connectivity index (χ3n) is 6.75. The van der Waals surface area contributed by atoms with E-state index in [1.165, 1.54) is 27.8 Å². The van der Waals surface area contributed by atoms with Gasteiger partial charge in [-0.05, 0) is 78.6 Å². The molecular weight excluding hydrogens is 382 g/mol. The Morgan fingerprint density at radius 1 is 1.00 bits per heavy atom. The number of hydrogen-bond acceptors (Lipinski definition) is 2. The summed E-state index contributed by atoms with van der Waals surface area (Å²) in [6, 6.07) is 21.2. The van der Waals surface area contributed by atoms with Crippen LogP contribution >= 0.6 is 0 Å². The van der Waals surface area contributed by atoms with Gasteiger partial charge in [-0.2, -0.15) is 0 Å². The number of aromatic amines is 1. The Balaban J connectivity index is 1.26. The van der Waals surface area contributed by atoms with Gasteiger partial charge in [-0.3, -0.25) is 4.79 Å². The molecule has 2 heterocycles. The van der Waals surface area contributed by atoms with Crippen molar-refractivity contribution < 1.29 is 4.79 Å². The van der Waals surface area contributed by atoms with Gasteiger partial charge < -0.3 is 9.88 Å². The van der Waals surface area contributed by atoms with E-state index in [0.29, 0.717) is 5.92 Å². The van der Waals surface area contributed by atoms with Gasteiger partial charge in [0.25, 0.3) is 5.91 Å². The largest absolute Gasteiger partial charge is 0.345 e. The van der Waals surface area contributed by atoms with Gasteiger partial charge in [-0.15, -0.1) is 0 Å². The number of imidazole rings is 1. The molecule has 1 fully saturated rings. The van der Waals surface area contributed by atoms with Crippen molar-refractivity contribution in [2.24, 2.45) is 0 Å². The van der Waals surface area contributed by atoms with Crippen molar-refractivity contribution in [3.8, 4) is 11.1 Å². The van der Waals surface area contributed by atoms with Crippen LogP contribution in [0.15, 0.2) is 67.0 Å². The summed E-state index contributed by atoms with van der Waals surface area (Å²) in [6.45, 7) is 5.94. The number of carbonyl (C=O) groups excluding carboxylic acids is 1. The van der Waals surface area contributed by atoms with Crippen LogP contribution < -0.4 is 0 Å². The Bertz CT molecular complexity index is 1230. The van der Waals surface area contributed by atoms with Gasteiger partial charge in [0.2, 0.25) is 0 Å². The maximum Gasteiger partial charge on any atom is 0.253 e. The number of fused-ring (bicyclic) bond motifs is 1. The highest BCUT2D eigenvalue weighted by atomic mass is 16.2. The predicted molar refractivity (Wildman–Crippen MR) is 125 cm³/mol. The summed E-state index contributed by atoms with van der Waals surface area (Å²) in [6.07, 6.45) is 3.66. The average Bonchev–Trinajstić information content (AvgIpc) is 3.29. The molecule has 4 heteroatoms. The molecule has 1 amide bonds. The zero-order chi connectivity index (χ0) is 21.4. The van der Waals surface area contributed by atoms with Crippen molar-refractivity contribution in [3.63, 3.8) is 0 Å². The van der Waals surface area contributed by atoms with E-state index in [4.69, 9.17) is 0 Å². The molecule has 156 valence electrons. The molecule has 0 saturated carbocycles. The molecule has 1 N–H and O–H groups in total. The number of carbonyl (C=O) groups is 1. The monoisotopic (exact) mass is 409 g/mol. The number of rotatable bonds is 3. The molecule has 0 bridgehead atoms. The van der Waals surface area contributed by atoms with E-state index in [2.05, 4.69) is 66.3 Å². The number of likely N-dealkylation sites (tertiary alicyclic amines) is 1. The normalized spacial score (nSPS) is 14.8. The van der Waals surface area contributed by atoms with E-state index in [9.17, 15) is 4.79 Å². The lowest BCUT2D eigenvalue weighted by Crippen LogP contribution is -2.37. The second-order valence-electron chi connectivity index (χ2n) is 8.57. The third kappa shape index (κ3) is 3.74. The Kier molecular flexibility index (Phi) is 5.06. The van der Waals surface area contributed by atoms with Crippen molar-refractivity contribution in [1.29, 1.82) is 0 Å². The number of amides is 1. The maximum atomic E-state index is 13.0. The number of H-pyrrole nitrogens is 1. The molecule has 0 unspecified atom stereocenters. The molecular formula is C27H27N3O. The van der Waals surface area contributed by atoms with Gasteiger partial charge in [0, 0.05) is 18.7 Å². The minimum atomic E-state index is 0.111. The van der Waals surface area contributed by atoms with Gasteiger partial charge in [0.05, 0.1) is 17.4 Å². The molecule has 0 atom stereocenters. The van der Waals surface area contributed by atoms with E-state index >= 15 is 0 Å². The second kappa shape index (κ2) is 8.03. The molecule has 1 saturated heterocycles. The predicted octanol–water partition coefficient (Wildman–Crippen LogP) is 5.87. The Morgan fingerprint density at radius 2 is 1.77 bits per heavy atom. The van der Waals surface area contributed by atoms with Crippen LogP contribution in [0.3, 0.4) is 0 Å². The van der Waals surface area contributed by atoms with Gasteiger partial charge >= 0.3 is 0 Å². The summed E-state index contributed by atoms with van der Waals surface area (Å²) >= 11 is 0. The van der Waals surface area contributed by atoms with Crippen LogP contribution in [0.1, 0.15) is 45.8 Å². The molecule has 5 rings (SSSR count). The highest BCUT2D eigenvalue weighted by Crippen LogP contribution is 2.32. The zero-order valence-electron chi connectivity index (χ0n) is 18.1. The fourth-order valence-corrected chi connectivity index (χ4v) is 4.67. The number of benzene rings is 3. The first-order chi connectivity index (χ1) is 15.1. The highest BCUT2D eigenvalue weighted by molar-refractivity contribution is 5.97. The molecule has 4 nitrogen and oxygen atoms in total. The van der Waals surface area contributed by atoms with Gasteiger partial charge in [0.1, 0.15) is 0 Å².